The van der Waals surface area contributed by atoms with Crippen molar-refractivity contribution in [2.75, 3.05) is 5.32 Å². The first-order chi connectivity index (χ1) is 9.15. The zero-order chi connectivity index (χ0) is 13.3. The number of nitrogens with one attached hydrogen (secondary N) is 1. The number of hydrogen-bond acceptors (Lipinski definition) is 3. The summed E-state index contributed by atoms with van der Waals surface area (Å²) in [5.74, 6) is 0.848. The van der Waals surface area contributed by atoms with Crippen molar-refractivity contribution in [3.8, 4) is 5.82 Å². The monoisotopic (exact) mass is 256 g/mol. The van der Waals surface area contributed by atoms with Gasteiger partial charge in [0.15, 0.2) is 5.82 Å². The van der Waals surface area contributed by atoms with E-state index in [0.717, 1.165) is 11.5 Å². The Bertz CT molecular complexity index is 528. The first-order valence-electron chi connectivity index (χ1n) is 6.88. The Morgan fingerprint density at radius 3 is 2.84 bits per heavy atom. The average molecular weight is 256 g/mol. The molecule has 1 fully saturated rings. The predicted molar refractivity (Wildman–Crippen MR) is 76.4 cm³/mol. The molecule has 1 N–H and O–H groups in total. The number of hydrogen-bond donors (Lipinski definition) is 1. The fourth-order valence-electron chi connectivity index (χ4n) is 2.81. The largest absolute Gasteiger partial charge is 0.381 e. The lowest BCUT2D eigenvalue weighted by atomic mass is 9.87. The molecule has 2 aromatic rings. The Balaban J connectivity index is 1.73. The van der Waals surface area contributed by atoms with Gasteiger partial charge in [0.25, 0.3) is 0 Å². The summed E-state index contributed by atoms with van der Waals surface area (Å²) >= 11 is 0. The van der Waals surface area contributed by atoms with Crippen molar-refractivity contribution in [3.63, 3.8) is 0 Å². The van der Waals surface area contributed by atoms with Crippen molar-refractivity contribution in [3.05, 3.63) is 36.8 Å². The van der Waals surface area contributed by atoms with Crippen LogP contribution in [0.5, 0.6) is 0 Å². The molecule has 1 saturated carbocycles. The highest BCUT2D eigenvalue weighted by atomic mass is 15.3. The van der Waals surface area contributed by atoms with Gasteiger partial charge in [-0.1, -0.05) is 20.3 Å². The molecule has 1 unspecified atom stereocenters. The van der Waals surface area contributed by atoms with Gasteiger partial charge in [0.2, 0.25) is 0 Å². The zero-order valence-electron chi connectivity index (χ0n) is 11.5. The Hall–Kier alpha value is -1.84. The van der Waals surface area contributed by atoms with E-state index < -0.39 is 0 Å². The molecule has 0 saturated heterocycles. The van der Waals surface area contributed by atoms with Crippen LogP contribution in [0.2, 0.25) is 0 Å². The fourth-order valence-corrected chi connectivity index (χ4v) is 2.81. The van der Waals surface area contributed by atoms with E-state index in [0.29, 0.717) is 11.5 Å². The summed E-state index contributed by atoms with van der Waals surface area (Å²) in [6.45, 7) is 4.67. The summed E-state index contributed by atoms with van der Waals surface area (Å²) in [7, 11) is 0. The van der Waals surface area contributed by atoms with Crippen molar-refractivity contribution >= 4 is 5.69 Å². The maximum absolute atomic E-state index is 4.45. The minimum atomic E-state index is 0.376. The minimum absolute atomic E-state index is 0.376. The third-order valence-corrected chi connectivity index (χ3v) is 4.09. The van der Waals surface area contributed by atoms with Crippen LogP contribution in [-0.2, 0) is 0 Å². The number of anilines is 1. The molecule has 100 valence electrons. The summed E-state index contributed by atoms with van der Waals surface area (Å²) < 4.78 is 1.77. The maximum Gasteiger partial charge on any atom is 0.153 e. The van der Waals surface area contributed by atoms with Gasteiger partial charge in [0.1, 0.15) is 0 Å². The second-order valence-electron chi connectivity index (χ2n) is 5.93. The number of pyridine rings is 1. The van der Waals surface area contributed by atoms with Crippen molar-refractivity contribution in [1.29, 1.82) is 0 Å². The first-order valence-corrected chi connectivity index (χ1v) is 6.88. The third kappa shape index (κ3) is 2.48. The number of nitrogens with zero attached hydrogens (tertiary/aromatic N) is 3. The summed E-state index contributed by atoms with van der Waals surface area (Å²) in [5, 5.41) is 7.79. The molecule has 0 bridgehead atoms. The van der Waals surface area contributed by atoms with Crippen molar-refractivity contribution in [2.24, 2.45) is 5.41 Å². The molecule has 3 rings (SSSR count). The lowest BCUT2D eigenvalue weighted by Gasteiger charge is -2.28. The average Bonchev–Trinajstić information content (AvgIpc) is 3.01. The smallest absolute Gasteiger partial charge is 0.153 e. The summed E-state index contributed by atoms with van der Waals surface area (Å²) in [6.07, 6.45) is 9.40. The van der Waals surface area contributed by atoms with Crippen LogP contribution in [0.25, 0.3) is 5.82 Å². The lowest BCUT2D eigenvalue weighted by molar-refractivity contribution is 0.350. The van der Waals surface area contributed by atoms with Crippen LogP contribution in [0.4, 0.5) is 5.69 Å². The highest BCUT2D eigenvalue weighted by Crippen LogP contribution is 2.38. The third-order valence-electron chi connectivity index (χ3n) is 4.09. The Labute approximate surface area is 113 Å². The summed E-state index contributed by atoms with van der Waals surface area (Å²) in [4.78, 5) is 4.45. The molecule has 0 spiro atoms. The van der Waals surface area contributed by atoms with E-state index in [1.165, 1.54) is 19.3 Å². The molecule has 0 radical (unpaired) electrons. The van der Waals surface area contributed by atoms with Crippen LogP contribution in [0.1, 0.15) is 33.1 Å². The SMILES string of the molecule is CC1(C)CCCC1Nc1ccc(-n2cccn2)nc1. The second kappa shape index (κ2) is 4.68. The van der Waals surface area contributed by atoms with Gasteiger partial charge in [-0.3, -0.25) is 0 Å². The second-order valence-corrected chi connectivity index (χ2v) is 5.93. The van der Waals surface area contributed by atoms with Crippen LogP contribution in [0, 0.1) is 5.41 Å². The van der Waals surface area contributed by atoms with Crippen molar-refractivity contribution < 1.29 is 0 Å². The van der Waals surface area contributed by atoms with Crippen LogP contribution in [0.15, 0.2) is 36.8 Å². The molecule has 1 atom stereocenters. The Morgan fingerprint density at radius 1 is 1.37 bits per heavy atom. The highest BCUT2D eigenvalue weighted by Gasteiger charge is 2.34. The van der Waals surface area contributed by atoms with Gasteiger partial charge in [-0.25, -0.2) is 9.67 Å². The predicted octanol–water partition coefficient (Wildman–Crippen LogP) is 3.26. The van der Waals surface area contributed by atoms with E-state index in [-0.39, 0.29) is 0 Å². The summed E-state index contributed by atoms with van der Waals surface area (Å²) in [5.41, 5.74) is 1.47. The maximum atomic E-state index is 4.45. The van der Waals surface area contributed by atoms with E-state index in [9.17, 15) is 0 Å². The molecule has 1 aliphatic carbocycles. The Morgan fingerprint density at radius 2 is 2.26 bits per heavy atom. The normalized spacial score (nSPS) is 21.5. The molecule has 2 heterocycles. The fraction of sp³-hybridized carbons (Fsp3) is 0.467. The molecule has 2 aromatic heterocycles. The van der Waals surface area contributed by atoms with Gasteiger partial charge in [0, 0.05) is 18.4 Å². The van der Waals surface area contributed by atoms with E-state index in [4.69, 9.17) is 0 Å². The van der Waals surface area contributed by atoms with Crippen molar-refractivity contribution in [2.45, 2.75) is 39.2 Å². The van der Waals surface area contributed by atoms with Gasteiger partial charge in [0.05, 0.1) is 11.9 Å². The molecule has 19 heavy (non-hydrogen) atoms. The summed E-state index contributed by atoms with van der Waals surface area (Å²) in [6, 6.07) is 6.52. The zero-order valence-corrected chi connectivity index (χ0v) is 11.5. The van der Waals surface area contributed by atoms with Crippen LogP contribution >= 0.6 is 0 Å². The van der Waals surface area contributed by atoms with Gasteiger partial charge >= 0.3 is 0 Å². The van der Waals surface area contributed by atoms with Gasteiger partial charge in [-0.15, -0.1) is 0 Å². The molecule has 0 aromatic carbocycles. The molecule has 4 heteroatoms. The van der Waals surface area contributed by atoms with Gasteiger partial charge < -0.3 is 5.32 Å². The Kier molecular flexibility index (Phi) is 3.01. The first kappa shape index (κ1) is 12.2. The molecule has 0 amide bonds. The van der Waals surface area contributed by atoms with E-state index in [1.54, 1.807) is 10.9 Å². The standard InChI is InChI=1S/C15H20N4/c1-15(2)8-3-5-13(15)18-12-6-7-14(16-11-12)19-10-4-9-17-19/h4,6-7,9-11,13,18H,3,5,8H2,1-2H3. The van der Waals surface area contributed by atoms with Crippen molar-refractivity contribution in [1.82, 2.24) is 14.8 Å². The molecular weight excluding hydrogens is 236 g/mol. The van der Waals surface area contributed by atoms with E-state index >= 15 is 0 Å². The van der Waals surface area contributed by atoms with Gasteiger partial charge in [-0.2, -0.15) is 5.10 Å². The lowest BCUT2D eigenvalue weighted by Crippen LogP contribution is -2.30. The molecule has 1 aliphatic rings. The number of aromatic nitrogens is 3. The highest BCUT2D eigenvalue weighted by molar-refractivity contribution is 5.45. The number of rotatable bonds is 3. The quantitative estimate of drug-likeness (QED) is 0.916. The van der Waals surface area contributed by atoms with E-state index in [2.05, 4.69) is 35.3 Å². The molecule has 0 aliphatic heterocycles. The van der Waals surface area contributed by atoms with E-state index in [1.807, 2.05) is 24.5 Å². The minimum Gasteiger partial charge on any atom is -0.381 e. The van der Waals surface area contributed by atoms with Gasteiger partial charge in [-0.05, 0) is 36.5 Å². The molecule has 4 nitrogen and oxygen atoms in total. The van der Waals surface area contributed by atoms with Crippen LogP contribution in [-0.4, -0.2) is 20.8 Å². The molecular formula is C15H20N4. The van der Waals surface area contributed by atoms with Crippen LogP contribution in [0.3, 0.4) is 0 Å². The van der Waals surface area contributed by atoms with Crippen LogP contribution < -0.4 is 5.32 Å². The topological polar surface area (TPSA) is 42.7 Å².